The van der Waals surface area contributed by atoms with E-state index in [0.717, 1.165) is 12.8 Å². The molecule has 1 amide bonds. The zero-order chi connectivity index (χ0) is 24.1. The highest BCUT2D eigenvalue weighted by Gasteiger charge is 2.16. The molecule has 0 unspecified atom stereocenters. The third kappa shape index (κ3) is 8.51. The third-order valence-corrected chi connectivity index (χ3v) is 4.70. The number of ether oxygens (including phenoxy) is 3. The second kappa shape index (κ2) is 13.8. The second-order valence-corrected chi connectivity index (χ2v) is 7.28. The number of benzene rings is 2. The predicted octanol–water partition coefficient (Wildman–Crippen LogP) is 4.34. The first-order valence-electron chi connectivity index (χ1n) is 10.7. The number of carbonyl (C=O) groups is 2. The van der Waals surface area contributed by atoms with Gasteiger partial charge in [0, 0.05) is 6.54 Å². The smallest absolute Gasteiger partial charge is 0.344 e. The van der Waals surface area contributed by atoms with Gasteiger partial charge in [0.05, 0.1) is 18.2 Å². The first-order chi connectivity index (χ1) is 16.0. The molecule has 2 aromatic carbocycles. The van der Waals surface area contributed by atoms with Crippen LogP contribution in [-0.2, 0) is 20.7 Å². The van der Waals surface area contributed by atoms with Gasteiger partial charge >= 0.3 is 5.97 Å². The summed E-state index contributed by atoms with van der Waals surface area (Å²) < 4.78 is 15.9. The molecule has 0 aliphatic rings. The normalized spacial score (nSPS) is 10.8. The number of nitriles is 1. The highest BCUT2D eigenvalue weighted by Crippen LogP contribution is 2.37. The Kier molecular flexibility index (Phi) is 10.8. The van der Waals surface area contributed by atoms with Crippen molar-refractivity contribution in [2.45, 2.75) is 26.7 Å². The van der Waals surface area contributed by atoms with E-state index in [-0.39, 0.29) is 29.6 Å². The van der Waals surface area contributed by atoms with Crippen molar-refractivity contribution < 1.29 is 23.8 Å². The van der Waals surface area contributed by atoms with E-state index in [4.69, 9.17) is 25.8 Å². The molecule has 174 valence electrons. The van der Waals surface area contributed by atoms with Crippen LogP contribution in [0.5, 0.6) is 11.5 Å². The van der Waals surface area contributed by atoms with E-state index in [1.54, 1.807) is 19.9 Å². The minimum atomic E-state index is -0.532. The fraction of sp³-hybridized carbons (Fsp3) is 0.320. The van der Waals surface area contributed by atoms with Gasteiger partial charge in [-0.2, -0.15) is 5.26 Å². The van der Waals surface area contributed by atoms with Crippen molar-refractivity contribution in [2.75, 3.05) is 26.4 Å². The van der Waals surface area contributed by atoms with Crippen LogP contribution in [0.2, 0.25) is 5.02 Å². The largest absolute Gasteiger partial charge is 0.490 e. The van der Waals surface area contributed by atoms with Crippen LogP contribution in [0.1, 0.15) is 31.4 Å². The fourth-order valence-electron chi connectivity index (χ4n) is 2.96. The van der Waals surface area contributed by atoms with Gasteiger partial charge in [0.25, 0.3) is 5.91 Å². The van der Waals surface area contributed by atoms with Gasteiger partial charge in [-0.05, 0) is 56.0 Å². The number of nitrogens with zero attached hydrogens (tertiary/aromatic N) is 1. The van der Waals surface area contributed by atoms with Crippen molar-refractivity contribution in [1.29, 1.82) is 5.26 Å². The van der Waals surface area contributed by atoms with Gasteiger partial charge < -0.3 is 19.5 Å². The van der Waals surface area contributed by atoms with Gasteiger partial charge in [-0.15, -0.1) is 0 Å². The molecule has 0 heterocycles. The molecule has 0 saturated heterocycles. The van der Waals surface area contributed by atoms with Crippen LogP contribution in [0.4, 0.5) is 0 Å². The Bertz CT molecular complexity index is 1020. The number of nitrogens with one attached hydrogen (secondary N) is 1. The lowest BCUT2D eigenvalue weighted by Crippen LogP contribution is -2.25. The van der Waals surface area contributed by atoms with Gasteiger partial charge in [-0.3, -0.25) is 4.79 Å². The van der Waals surface area contributed by atoms with Crippen molar-refractivity contribution >= 4 is 29.6 Å². The molecule has 1 N–H and O–H groups in total. The molecule has 0 fully saturated rings. The summed E-state index contributed by atoms with van der Waals surface area (Å²) >= 11 is 6.33. The van der Waals surface area contributed by atoms with Crippen molar-refractivity contribution in [3.63, 3.8) is 0 Å². The first kappa shape index (κ1) is 25.8. The summed E-state index contributed by atoms with van der Waals surface area (Å²) in [5.41, 5.74) is 1.61. The maximum atomic E-state index is 12.4. The standard InChI is InChI=1S/C25H27ClN2O5/c1-3-31-22-15-19(14-21(26)24(22)33-17-23(29)32-4-2)13-20(16-27)25(30)28-12-8-11-18-9-6-5-7-10-18/h5-7,9-10,13-15H,3-4,8,11-12,17H2,1-2H3,(H,28,30)/b20-13-. The Labute approximate surface area is 198 Å². The summed E-state index contributed by atoms with van der Waals surface area (Å²) in [6.45, 7) is 4.17. The van der Waals surface area contributed by atoms with E-state index >= 15 is 0 Å². The van der Waals surface area contributed by atoms with Crippen molar-refractivity contribution in [2.24, 2.45) is 0 Å². The Morgan fingerprint density at radius 1 is 1.12 bits per heavy atom. The molecule has 0 saturated carbocycles. The number of halogens is 1. The summed E-state index contributed by atoms with van der Waals surface area (Å²) in [7, 11) is 0. The molecule has 33 heavy (non-hydrogen) atoms. The molecule has 0 radical (unpaired) electrons. The lowest BCUT2D eigenvalue weighted by molar-refractivity contribution is -0.145. The Hall–Kier alpha value is -3.50. The van der Waals surface area contributed by atoms with Gasteiger partial charge in [-0.1, -0.05) is 41.9 Å². The van der Waals surface area contributed by atoms with Gasteiger partial charge in [-0.25, -0.2) is 4.79 Å². The van der Waals surface area contributed by atoms with E-state index in [2.05, 4.69) is 5.32 Å². The summed E-state index contributed by atoms with van der Waals surface area (Å²) in [5.74, 6) is -0.522. The van der Waals surface area contributed by atoms with E-state index in [1.165, 1.54) is 17.7 Å². The van der Waals surface area contributed by atoms with E-state index < -0.39 is 11.9 Å². The van der Waals surface area contributed by atoms with Crippen LogP contribution >= 0.6 is 11.6 Å². The zero-order valence-corrected chi connectivity index (χ0v) is 19.5. The maximum Gasteiger partial charge on any atom is 0.344 e. The minimum Gasteiger partial charge on any atom is -0.490 e. The molecule has 7 nitrogen and oxygen atoms in total. The first-order valence-corrected chi connectivity index (χ1v) is 11.0. The fourth-order valence-corrected chi connectivity index (χ4v) is 3.23. The van der Waals surface area contributed by atoms with Crippen LogP contribution < -0.4 is 14.8 Å². The Morgan fingerprint density at radius 3 is 2.55 bits per heavy atom. The number of rotatable bonds is 12. The number of carbonyl (C=O) groups excluding carboxylic acids is 2. The zero-order valence-electron chi connectivity index (χ0n) is 18.7. The monoisotopic (exact) mass is 470 g/mol. The number of aryl methyl sites for hydroxylation is 1. The quantitative estimate of drug-likeness (QED) is 0.214. The average molecular weight is 471 g/mol. The number of hydrogen-bond donors (Lipinski definition) is 1. The van der Waals surface area contributed by atoms with E-state index in [9.17, 15) is 14.9 Å². The van der Waals surface area contributed by atoms with Crippen LogP contribution in [0.3, 0.4) is 0 Å². The summed E-state index contributed by atoms with van der Waals surface area (Å²) in [4.78, 5) is 24.0. The number of hydrogen-bond acceptors (Lipinski definition) is 6. The second-order valence-electron chi connectivity index (χ2n) is 6.87. The van der Waals surface area contributed by atoms with Crippen molar-refractivity contribution in [3.05, 3.63) is 64.2 Å². The molecular formula is C25H27ClN2O5. The molecule has 0 atom stereocenters. The van der Waals surface area contributed by atoms with Crippen LogP contribution in [0, 0.1) is 11.3 Å². The third-order valence-electron chi connectivity index (χ3n) is 4.42. The highest BCUT2D eigenvalue weighted by atomic mass is 35.5. The lowest BCUT2D eigenvalue weighted by atomic mass is 10.1. The SMILES string of the molecule is CCOC(=O)COc1c(Cl)cc(/C=C(/C#N)C(=O)NCCCc2ccccc2)cc1OCC. The molecule has 2 aromatic rings. The van der Waals surface area contributed by atoms with Gasteiger partial charge in [0.15, 0.2) is 18.1 Å². The summed E-state index contributed by atoms with van der Waals surface area (Å²) in [6, 6.07) is 15.0. The molecule has 0 aliphatic heterocycles. The van der Waals surface area contributed by atoms with Gasteiger partial charge in [0.1, 0.15) is 11.6 Å². The van der Waals surface area contributed by atoms with E-state index in [1.807, 2.05) is 36.4 Å². The topological polar surface area (TPSA) is 97.7 Å². The minimum absolute atomic E-state index is 0.0616. The van der Waals surface area contributed by atoms with Crippen molar-refractivity contribution in [1.82, 2.24) is 5.32 Å². The summed E-state index contributed by atoms with van der Waals surface area (Å²) in [5, 5.41) is 12.4. The Morgan fingerprint density at radius 2 is 1.88 bits per heavy atom. The highest BCUT2D eigenvalue weighted by molar-refractivity contribution is 6.32. The van der Waals surface area contributed by atoms with Gasteiger partial charge in [0.2, 0.25) is 0 Å². The molecule has 0 bridgehead atoms. The van der Waals surface area contributed by atoms with Crippen molar-refractivity contribution in [3.8, 4) is 17.6 Å². The van der Waals surface area contributed by atoms with Crippen LogP contribution in [0.25, 0.3) is 6.08 Å². The maximum absolute atomic E-state index is 12.4. The molecule has 2 rings (SSSR count). The molecule has 0 aliphatic carbocycles. The van der Waals surface area contributed by atoms with Crippen LogP contribution in [0.15, 0.2) is 48.0 Å². The Balaban J connectivity index is 2.07. The molecule has 8 heteroatoms. The average Bonchev–Trinajstić information content (AvgIpc) is 2.80. The molecule has 0 spiro atoms. The summed E-state index contributed by atoms with van der Waals surface area (Å²) in [6.07, 6.45) is 3.00. The molecular weight excluding hydrogens is 444 g/mol. The number of esters is 1. The predicted molar refractivity (Wildman–Crippen MR) is 126 cm³/mol. The lowest BCUT2D eigenvalue weighted by Gasteiger charge is -2.14. The van der Waals surface area contributed by atoms with Crippen LogP contribution in [-0.4, -0.2) is 38.2 Å². The number of amides is 1. The van der Waals surface area contributed by atoms with E-state index in [0.29, 0.717) is 24.5 Å². The molecule has 0 aromatic heterocycles.